The first-order valence-corrected chi connectivity index (χ1v) is 5.59. The highest BCUT2D eigenvalue weighted by atomic mass is 15.3. The Morgan fingerprint density at radius 1 is 1.12 bits per heavy atom. The molecule has 0 aliphatic heterocycles. The number of allylic oxidation sites excluding steroid dienone is 4. The molecular formula is C14H16N3+. The highest BCUT2D eigenvalue weighted by molar-refractivity contribution is 6.49. The van der Waals surface area contributed by atoms with Crippen LogP contribution in [0, 0.1) is 19.3 Å². The first kappa shape index (κ1) is 11.5. The van der Waals surface area contributed by atoms with Gasteiger partial charge in [-0.15, -0.1) is 0 Å². The fourth-order valence-electron chi connectivity index (χ4n) is 1.62. The third-order valence-corrected chi connectivity index (χ3v) is 2.68. The Morgan fingerprint density at radius 3 is 2.65 bits per heavy atom. The van der Waals surface area contributed by atoms with Gasteiger partial charge in [0.15, 0.2) is 5.69 Å². The minimum atomic E-state index is 0.453. The van der Waals surface area contributed by atoms with Gasteiger partial charge in [-0.05, 0) is 31.6 Å². The Morgan fingerprint density at radius 2 is 1.88 bits per heavy atom. The van der Waals surface area contributed by atoms with Gasteiger partial charge in [-0.25, -0.2) is 0 Å². The van der Waals surface area contributed by atoms with Crippen LogP contribution in [-0.2, 0) is 0 Å². The van der Waals surface area contributed by atoms with E-state index in [1.807, 2.05) is 23.7 Å². The van der Waals surface area contributed by atoms with Gasteiger partial charge < -0.3 is 0 Å². The van der Waals surface area contributed by atoms with Gasteiger partial charge in [-0.2, -0.15) is 5.43 Å². The lowest BCUT2D eigenvalue weighted by atomic mass is 10.1. The van der Waals surface area contributed by atoms with Crippen molar-refractivity contribution in [1.82, 2.24) is 0 Å². The molecule has 1 aromatic carbocycles. The molecule has 0 saturated heterocycles. The normalized spacial score (nSPS) is 16.8. The first-order valence-electron chi connectivity index (χ1n) is 5.59. The van der Waals surface area contributed by atoms with Crippen LogP contribution in [0.25, 0.3) is 0 Å². The Balaban J connectivity index is 2.19. The van der Waals surface area contributed by atoms with Crippen LogP contribution in [0.5, 0.6) is 0 Å². The largest absolute Gasteiger partial charge is 0.298 e. The molecule has 0 heterocycles. The zero-order valence-electron chi connectivity index (χ0n) is 10.1. The number of quaternary nitrogens is 1. The third-order valence-electron chi connectivity index (χ3n) is 2.68. The van der Waals surface area contributed by atoms with E-state index in [4.69, 9.17) is 5.41 Å². The molecule has 1 aromatic rings. The summed E-state index contributed by atoms with van der Waals surface area (Å²) < 4.78 is 0. The van der Waals surface area contributed by atoms with Gasteiger partial charge in [-0.3, -0.25) is 5.41 Å². The Bertz CT molecular complexity index is 536. The summed E-state index contributed by atoms with van der Waals surface area (Å²) in [6, 6.07) is 6.28. The summed E-state index contributed by atoms with van der Waals surface area (Å²) >= 11 is 0. The maximum atomic E-state index is 7.72. The molecule has 0 fully saturated rings. The topological polar surface area (TPSA) is 52.8 Å². The summed E-state index contributed by atoms with van der Waals surface area (Å²) in [5, 5.41) is 12.1. The molecule has 1 aliphatic rings. The molecule has 0 amide bonds. The smallest absolute Gasteiger partial charge is 0.159 e. The Kier molecular flexibility index (Phi) is 3.30. The third kappa shape index (κ3) is 2.77. The molecular weight excluding hydrogens is 210 g/mol. The Labute approximate surface area is 101 Å². The first-order chi connectivity index (χ1) is 8.16. The number of nitrogens with two attached hydrogens (primary N) is 1. The van der Waals surface area contributed by atoms with Crippen molar-refractivity contribution in [2.24, 2.45) is 5.10 Å². The fourth-order valence-corrected chi connectivity index (χ4v) is 1.62. The van der Waals surface area contributed by atoms with E-state index in [9.17, 15) is 0 Å². The van der Waals surface area contributed by atoms with Gasteiger partial charge in [0, 0.05) is 11.6 Å². The van der Waals surface area contributed by atoms with E-state index in [0.717, 1.165) is 5.69 Å². The van der Waals surface area contributed by atoms with Crippen molar-refractivity contribution in [2.75, 3.05) is 0 Å². The van der Waals surface area contributed by atoms with Crippen LogP contribution in [0.15, 0.2) is 47.6 Å². The predicted octanol–water partition coefficient (Wildman–Crippen LogP) is 2.00. The second kappa shape index (κ2) is 4.89. The van der Waals surface area contributed by atoms with Crippen LogP contribution in [0.2, 0.25) is 0 Å². The van der Waals surface area contributed by atoms with Crippen molar-refractivity contribution in [3.05, 3.63) is 53.6 Å². The molecule has 17 heavy (non-hydrogen) atoms. The molecule has 0 unspecified atom stereocenters. The van der Waals surface area contributed by atoms with Crippen LogP contribution >= 0.6 is 0 Å². The molecule has 0 atom stereocenters. The van der Waals surface area contributed by atoms with Crippen molar-refractivity contribution in [3.63, 3.8) is 0 Å². The van der Waals surface area contributed by atoms with E-state index in [0.29, 0.717) is 11.4 Å². The number of rotatable bonds is 2. The Hall–Kier alpha value is -2.00. The van der Waals surface area contributed by atoms with Gasteiger partial charge in [-0.1, -0.05) is 29.4 Å². The zero-order chi connectivity index (χ0) is 12.3. The maximum Gasteiger partial charge on any atom is 0.159 e. The van der Waals surface area contributed by atoms with E-state index in [-0.39, 0.29) is 0 Å². The van der Waals surface area contributed by atoms with E-state index in [1.54, 1.807) is 6.08 Å². The number of hydrogen-bond acceptors (Lipinski definition) is 2. The predicted molar refractivity (Wildman–Crippen MR) is 70.9 cm³/mol. The minimum absolute atomic E-state index is 0.453. The highest BCUT2D eigenvalue weighted by Crippen LogP contribution is 2.10. The minimum Gasteiger partial charge on any atom is -0.298 e. The summed E-state index contributed by atoms with van der Waals surface area (Å²) in [4.78, 5) is 0. The summed E-state index contributed by atoms with van der Waals surface area (Å²) in [5.41, 5.74) is 6.50. The van der Waals surface area contributed by atoms with Crippen molar-refractivity contribution in [1.29, 1.82) is 5.41 Å². The van der Waals surface area contributed by atoms with Crippen molar-refractivity contribution in [2.45, 2.75) is 13.8 Å². The molecule has 3 nitrogen and oxygen atoms in total. The van der Waals surface area contributed by atoms with Crippen molar-refractivity contribution >= 4 is 17.1 Å². The zero-order valence-corrected chi connectivity index (χ0v) is 10.1. The van der Waals surface area contributed by atoms with E-state index in [1.165, 1.54) is 11.1 Å². The van der Waals surface area contributed by atoms with Crippen LogP contribution in [0.4, 0.5) is 5.69 Å². The molecule has 0 spiro atoms. The quantitative estimate of drug-likeness (QED) is 0.335. The molecule has 3 heteroatoms. The molecule has 0 radical (unpaired) electrons. The summed E-state index contributed by atoms with van der Waals surface area (Å²) in [6.45, 7) is 4.13. The van der Waals surface area contributed by atoms with Gasteiger partial charge in [0.1, 0.15) is 5.71 Å². The summed E-state index contributed by atoms with van der Waals surface area (Å²) in [5.74, 6) is 0. The number of aryl methyl sites for hydroxylation is 2. The SMILES string of the molecule is Cc1ccc(C)c([NH2+]N=C2C=CC=CC2=N)c1. The van der Waals surface area contributed by atoms with Crippen LogP contribution in [0.3, 0.4) is 0 Å². The second-order valence-corrected chi connectivity index (χ2v) is 4.14. The van der Waals surface area contributed by atoms with Gasteiger partial charge in [0.2, 0.25) is 0 Å². The van der Waals surface area contributed by atoms with Crippen LogP contribution in [-0.4, -0.2) is 11.4 Å². The molecule has 3 N–H and O–H groups in total. The lowest BCUT2D eigenvalue weighted by Crippen LogP contribution is -2.72. The average Bonchev–Trinajstić information content (AvgIpc) is 2.32. The molecule has 0 bridgehead atoms. The lowest BCUT2D eigenvalue weighted by Gasteiger charge is -2.03. The molecule has 86 valence electrons. The summed E-state index contributed by atoms with van der Waals surface area (Å²) in [6.07, 6.45) is 7.34. The summed E-state index contributed by atoms with van der Waals surface area (Å²) in [7, 11) is 0. The molecule has 0 aromatic heterocycles. The average molecular weight is 226 g/mol. The van der Waals surface area contributed by atoms with Crippen molar-refractivity contribution < 1.29 is 5.43 Å². The number of benzene rings is 1. The second-order valence-electron chi connectivity index (χ2n) is 4.14. The van der Waals surface area contributed by atoms with Crippen LogP contribution in [0.1, 0.15) is 11.1 Å². The van der Waals surface area contributed by atoms with Gasteiger partial charge in [0.05, 0.1) is 5.71 Å². The monoisotopic (exact) mass is 226 g/mol. The molecule has 1 aliphatic carbocycles. The maximum absolute atomic E-state index is 7.72. The van der Waals surface area contributed by atoms with Gasteiger partial charge in [0.25, 0.3) is 0 Å². The number of hydrogen-bond donors (Lipinski definition) is 2. The van der Waals surface area contributed by atoms with Crippen molar-refractivity contribution in [3.8, 4) is 0 Å². The van der Waals surface area contributed by atoms with Gasteiger partial charge >= 0.3 is 0 Å². The molecule has 0 saturated carbocycles. The van der Waals surface area contributed by atoms with E-state index >= 15 is 0 Å². The van der Waals surface area contributed by atoms with E-state index < -0.39 is 0 Å². The van der Waals surface area contributed by atoms with E-state index in [2.05, 4.69) is 37.1 Å². The molecule has 2 rings (SSSR count). The number of nitrogens with zero attached hydrogens (tertiary/aromatic N) is 1. The standard InChI is InChI=1S/C14H15N3/c1-10-7-8-11(2)14(9-10)17-16-13-6-4-3-5-12(13)15/h3-9,15,17H,1-2H3/p+1. The lowest BCUT2D eigenvalue weighted by molar-refractivity contribution is -0.577. The van der Waals surface area contributed by atoms with Crippen LogP contribution < -0.4 is 5.43 Å². The fraction of sp³-hybridized carbons (Fsp3) is 0.143. The highest BCUT2D eigenvalue weighted by Gasteiger charge is 2.07. The number of nitrogens with one attached hydrogen (secondary N) is 1.